The molecule has 0 bridgehead atoms. The van der Waals surface area contributed by atoms with Crippen LogP contribution in [0.1, 0.15) is 55.8 Å². The summed E-state index contributed by atoms with van der Waals surface area (Å²) in [4.78, 5) is 25.7. The maximum absolute atomic E-state index is 12.7. The summed E-state index contributed by atoms with van der Waals surface area (Å²) in [6.07, 6.45) is 5.80. The van der Waals surface area contributed by atoms with E-state index in [1.807, 2.05) is 0 Å². The van der Waals surface area contributed by atoms with Gasteiger partial charge in [-0.25, -0.2) is 0 Å². The molecule has 1 aliphatic rings. The number of amides is 2. The Morgan fingerprint density at radius 3 is 2.50 bits per heavy atom. The van der Waals surface area contributed by atoms with Crippen LogP contribution in [0.15, 0.2) is 18.2 Å². The third kappa shape index (κ3) is 5.38. The fourth-order valence-corrected chi connectivity index (χ4v) is 3.18. The van der Waals surface area contributed by atoms with Crippen LogP contribution >= 0.6 is 0 Å². The molecule has 0 aromatic heterocycles. The average molecular weight is 362 g/mol. The Labute approximate surface area is 155 Å². The van der Waals surface area contributed by atoms with Gasteiger partial charge in [0.05, 0.1) is 13.7 Å². The van der Waals surface area contributed by atoms with Crippen molar-refractivity contribution in [1.82, 2.24) is 4.90 Å². The molecule has 1 heterocycles. The Morgan fingerprint density at radius 1 is 1.15 bits per heavy atom. The van der Waals surface area contributed by atoms with E-state index in [0.717, 1.165) is 12.8 Å². The zero-order chi connectivity index (χ0) is 18.9. The van der Waals surface area contributed by atoms with Gasteiger partial charge in [-0.15, -0.1) is 0 Å². The summed E-state index contributed by atoms with van der Waals surface area (Å²) in [6.45, 7) is 3.91. The Kier molecular flexibility index (Phi) is 7.75. The lowest BCUT2D eigenvalue weighted by Gasteiger charge is -2.30. The van der Waals surface area contributed by atoms with Crippen molar-refractivity contribution in [2.75, 3.05) is 26.8 Å². The average Bonchev–Trinajstić information content (AvgIpc) is 2.67. The van der Waals surface area contributed by atoms with Gasteiger partial charge in [-0.3, -0.25) is 9.59 Å². The molecular formula is C20H30N2O4. The minimum atomic E-state index is -0.279. The van der Waals surface area contributed by atoms with Crippen LogP contribution in [-0.2, 0) is 4.79 Å². The molecule has 0 spiro atoms. The van der Waals surface area contributed by atoms with Crippen LogP contribution in [0.3, 0.4) is 0 Å². The summed E-state index contributed by atoms with van der Waals surface area (Å²) in [5.41, 5.74) is 5.92. The quantitative estimate of drug-likeness (QED) is 0.685. The topological polar surface area (TPSA) is 81.9 Å². The molecule has 0 unspecified atom stereocenters. The lowest BCUT2D eigenvalue weighted by Crippen LogP contribution is -2.41. The Balaban J connectivity index is 1.95. The SMILES string of the molecule is CCCCCCOc1ccc(C(=O)N2CCC(C(N)=O)CC2)cc1OC. The molecule has 2 amide bonds. The van der Waals surface area contributed by atoms with Gasteiger partial charge in [0.1, 0.15) is 0 Å². The van der Waals surface area contributed by atoms with Gasteiger partial charge in [-0.05, 0) is 37.5 Å². The van der Waals surface area contributed by atoms with E-state index in [9.17, 15) is 9.59 Å². The summed E-state index contributed by atoms with van der Waals surface area (Å²) >= 11 is 0. The van der Waals surface area contributed by atoms with E-state index < -0.39 is 0 Å². The Bertz CT molecular complexity index is 610. The minimum Gasteiger partial charge on any atom is -0.493 e. The number of carbonyl (C=O) groups excluding carboxylic acids is 2. The zero-order valence-electron chi connectivity index (χ0n) is 15.8. The predicted octanol–water partition coefficient (Wildman–Crippen LogP) is 2.99. The maximum Gasteiger partial charge on any atom is 0.253 e. The van der Waals surface area contributed by atoms with Gasteiger partial charge >= 0.3 is 0 Å². The number of rotatable bonds is 9. The van der Waals surface area contributed by atoms with E-state index >= 15 is 0 Å². The molecule has 2 N–H and O–H groups in total. The second-order valence-electron chi connectivity index (χ2n) is 6.74. The molecule has 1 aromatic carbocycles. The summed E-state index contributed by atoms with van der Waals surface area (Å²) in [6, 6.07) is 5.29. The molecule has 26 heavy (non-hydrogen) atoms. The summed E-state index contributed by atoms with van der Waals surface area (Å²) < 4.78 is 11.2. The smallest absolute Gasteiger partial charge is 0.253 e. The fourth-order valence-electron chi connectivity index (χ4n) is 3.18. The monoisotopic (exact) mass is 362 g/mol. The van der Waals surface area contributed by atoms with Gasteiger partial charge in [0.25, 0.3) is 5.91 Å². The van der Waals surface area contributed by atoms with E-state index in [-0.39, 0.29) is 17.7 Å². The minimum absolute atomic E-state index is 0.0549. The number of primary amides is 1. The van der Waals surface area contributed by atoms with Gasteiger partial charge in [-0.2, -0.15) is 0 Å². The number of benzene rings is 1. The number of nitrogens with zero attached hydrogens (tertiary/aromatic N) is 1. The molecule has 144 valence electrons. The van der Waals surface area contributed by atoms with Crippen molar-refractivity contribution in [1.29, 1.82) is 0 Å². The highest BCUT2D eigenvalue weighted by atomic mass is 16.5. The van der Waals surface area contributed by atoms with E-state index in [4.69, 9.17) is 15.2 Å². The van der Waals surface area contributed by atoms with E-state index in [1.54, 1.807) is 30.2 Å². The number of hydrogen-bond acceptors (Lipinski definition) is 4. The number of piperidine rings is 1. The molecule has 0 radical (unpaired) electrons. The van der Waals surface area contributed by atoms with Gasteiger partial charge < -0.3 is 20.1 Å². The standard InChI is InChI=1S/C20H30N2O4/c1-3-4-5-6-13-26-17-8-7-16(14-18(17)25-2)20(24)22-11-9-15(10-12-22)19(21)23/h7-8,14-15H,3-6,9-13H2,1-2H3,(H2,21,23). The van der Waals surface area contributed by atoms with E-state index in [2.05, 4.69) is 6.92 Å². The second-order valence-corrected chi connectivity index (χ2v) is 6.74. The molecule has 1 aliphatic heterocycles. The highest BCUT2D eigenvalue weighted by Crippen LogP contribution is 2.29. The third-order valence-corrected chi connectivity index (χ3v) is 4.85. The first-order valence-corrected chi connectivity index (χ1v) is 9.46. The van der Waals surface area contributed by atoms with Gasteiger partial charge in [0.15, 0.2) is 11.5 Å². The molecule has 6 heteroatoms. The Morgan fingerprint density at radius 2 is 1.88 bits per heavy atom. The molecule has 1 fully saturated rings. The van der Waals surface area contributed by atoms with Crippen LogP contribution in [0.5, 0.6) is 11.5 Å². The number of likely N-dealkylation sites (tertiary alicyclic amines) is 1. The first-order valence-electron chi connectivity index (χ1n) is 9.46. The largest absolute Gasteiger partial charge is 0.493 e. The summed E-state index contributed by atoms with van der Waals surface area (Å²) in [5.74, 6) is 0.767. The lowest BCUT2D eigenvalue weighted by atomic mass is 9.96. The molecule has 0 aliphatic carbocycles. The molecule has 1 saturated heterocycles. The van der Waals surface area contributed by atoms with Crippen molar-refractivity contribution in [2.24, 2.45) is 11.7 Å². The normalized spacial score (nSPS) is 14.9. The van der Waals surface area contributed by atoms with Crippen molar-refractivity contribution in [3.63, 3.8) is 0 Å². The van der Waals surface area contributed by atoms with Gasteiger partial charge in [0, 0.05) is 24.6 Å². The van der Waals surface area contributed by atoms with E-state index in [1.165, 1.54) is 12.8 Å². The first-order chi connectivity index (χ1) is 12.6. The number of methoxy groups -OCH3 is 1. The molecule has 6 nitrogen and oxygen atoms in total. The van der Waals surface area contributed by atoms with Crippen molar-refractivity contribution in [3.8, 4) is 11.5 Å². The van der Waals surface area contributed by atoms with Crippen LogP contribution in [0.2, 0.25) is 0 Å². The van der Waals surface area contributed by atoms with Crippen molar-refractivity contribution >= 4 is 11.8 Å². The van der Waals surface area contributed by atoms with Crippen molar-refractivity contribution < 1.29 is 19.1 Å². The zero-order valence-corrected chi connectivity index (χ0v) is 15.8. The van der Waals surface area contributed by atoms with Gasteiger partial charge in [0.2, 0.25) is 5.91 Å². The molecule has 1 aromatic rings. The van der Waals surface area contributed by atoms with E-state index in [0.29, 0.717) is 49.6 Å². The van der Waals surface area contributed by atoms with Crippen LogP contribution < -0.4 is 15.2 Å². The molecule has 0 atom stereocenters. The lowest BCUT2D eigenvalue weighted by molar-refractivity contribution is -0.123. The number of ether oxygens (including phenoxy) is 2. The maximum atomic E-state index is 12.7. The predicted molar refractivity (Wildman–Crippen MR) is 100 cm³/mol. The van der Waals surface area contributed by atoms with Crippen LogP contribution in [0.25, 0.3) is 0 Å². The van der Waals surface area contributed by atoms with Crippen molar-refractivity contribution in [2.45, 2.75) is 45.4 Å². The number of hydrogen-bond donors (Lipinski definition) is 1. The van der Waals surface area contributed by atoms with Crippen LogP contribution in [-0.4, -0.2) is 43.5 Å². The van der Waals surface area contributed by atoms with Crippen molar-refractivity contribution in [3.05, 3.63) is 23.8 Å². The second kappa shape index (κ2) is 10.0. The summed E-state index contributed by atoms with van der Waals surface area (Å²) in [5, 5.41) is 0. The van der Waals surface area contributed by atoms with Gasteiger partial charge in [-0.1, -0.05) is 26.2 Å². The number of nitrogens with two attached hydrogens (primary N) is 1. The first kappa shape index (κ1) is 20.1. The third-order valence-electron chi connectivity index (χ3n) is 4.85. The molecular weight excluding hydrogens is 332 g/mol. The Hall–Kier alpha value is -2.24. The van der Waals surface area contributed by atoms with Crippen LogP contribution in [0.4, 0.5) is 0 Å². The number of carbonyl (C=O) groups is 2. The highest BCUT2D eigenvalue weighted by molar-refractivity contribution is 5.95. The van der Waals surface area contributed by atoms with Crippen LogP contribution in [0, 0.1) is 5.92 Å². The number of unbranched alkanes of at least 4 members (excludes halogenated alkanes) is 3. The highest BCUT2D eigenvalue weighted by Gasteiger charge is 2.26. The summed E-state index contributed by atoms with van der Waals surface area (Å²) in [7, 11) is 1.58. The molecule has 0 saturated carbocycles. The fraction of sp³-hybridized carbons (Fsp3) is 0.600. The molecule has 2 rings (SSSR count).